The predicted molar refractivity (Wildman–Crippen MR) is 88.6 cm³/mol. The summed E-state index contributed by atoms with van der Waals surface area (Å²) in [6, 6.07) is 7.54. The fraction of sp³-hybridized carbons (Fsp3) is 0.400. The SMILES string of the molecule is CN.CN.CN.O=C1CCCC1=Cc1ccc(Cl)cc1. The number of benzene rings is 1. The van der Waals surface area contributed by atoms with Crippen LogP contribution in [0.1, 0.15) is 24.8 Å². The standard InChI is InChI=1S/C12H11ClO.3CH5N/c13-11-6-4-9(5-7-11)8-10-2-1-3-12(10)14;3*1-2/h4-8H,1-3H2;3*2H2,1H3. The van der Waals surface area contributed by atoms with Gasteiger partial charge in [0.15, 0.2) is 5.78 Å². The molecule has 0 unspecified atom stereocenters. The lowest BCUT2D eigenvalue weighted by Gasteiger charge is -1.96. The average molecular weight is 300 g/mol. The molecule has 114 valence electrons. The molecule has 1 saturated carbocycles. The summed E-state index contributed by atoms with van der Waals surface area (Å²) in [4.78, 5) is 11.4. The lowest BCUT2D eigenvalue weighted by molar-refractivity contribution is -0.114. The van der Waals surface area contributed by atoms with Gasteiger partial charge in [0.2, 0.25) is 0 Å². The highest BCUT2D eigenvalue weighted by Crippen LogP contribution is 2.23. The van der Waals surface area contributed by atoms with E-state index in [-0.39, 0.29) is 0 Å². The monoisotopic (exact) mass is 299 g/mol. The van der Waals surface area contributed by atoms with Crippen LogP contribution in [0.4, 0.5) is 0 Å². The number of rotatable bonds is 1. The summed E-state index contributed by atoms with van der Waals surface area (Å²) in [5, 5.41) is 0.727. The number of ketones is 1. The minimum Gasteiger partial charge on any atom is -0.333 e. The van der Waals surface area contributed by atoms with Crippen LogP contribution in [0.25, 0.3) is 6.08 Å². The first-order chi connectivity index (χ1) is 9.75. The summed E-state index contributed by atoms with van der Waals surface area (Å²) in [6.45, 7) is 0. The van der Waals surface area contributed by atoms with E-state index in [0.29, 0.717) is 12.2 Å². The van der Waals surface area contributed by atoms with Crippen molar-refractivity contribution in [3.05, 3.63) is 40.4 Å². The highest BCUT2D eigenvalue weighted by Gasteiger charge is 2.16. The van der Waals surface area contributed by atoms with Crippen LogP contribution in [0.3, 0.4) is 0 Å². The van der Waals surface area contributed by atoms with E-state index in [4.69, 9.17) is 11.6 Å². The van der Waals surface area contributed by atoms with Crippen molar-refractivity contribution in [2.75, 3.05) is 21.1 Å². The molecule has 0 atom stereocenters. The summed E-state index contributed by atoms with van der Waals surface area (Å²) >= 11 is 5.77. The van der Waals surface area contributed by atoms with E-state index in [1.165, 1.54) is 21.1 Å². The zero-order valence-corrected chi connectivity index (χ0v) is 13.3. The molecule has 2 rings (SSSR count). The van der Waals surface area contributed by atoms with E-state index in [2.05, 4.69) is 17.2 Å². The number of hydrogen-bond donors (Lipinski definition) is 3. The molecule has 1 aliphatic carbocycles. The smallest absolute Gasteiger partial charge is 0.158 e. The number of carbonyl (C=O) groups is 1. The molecule has 1 aromatic rings. The summed E-state index contributed by atoms with van der Waals surface area (Å²) < 4.78 is 0. The van der Waals surface area contributed by atoms with E-state index in [1.54, 1.807) is 0 Å². The molecule has 1 fully saturated rings. The maximum absolute atomic E-state index is 11.4. The van der Waals surface area contributed by atoms with Crippen molar-refractivity contribution in [3.63, 3.8) is 0 Å². The van der Waals surface area contributed by atoms with Gasteiger partial charge in [-0.05, 0) is 63.3 Å². The third-order valence-corrected chi connectivity index (χ3v) is 2.67. The first kappa shape index (κ1) is 21.1. The first-order valence-corrected chi connectivity index (χ1v) is 6.86. The molecule has 0 aromatic heterocycles. The number of carbonyl (C=O) groups excluding carboxylic acids is 1. The van der Waals surface area contributed by atoms with Gasteiger partial charge in [-0.25, -0.2) is 0 Å². The van der Waals surface area contributed by atoms with Gasteiger partial charge in [0, 0.05) is 11.4 Å². The highest BCUT2D eigenvalue weighted by atomic mass is 35.5. The Bertz CT molecular complexity index is 389. The third-order valence-electron chi connectivity index (χ3n) is 2.42. The Morgan fingerprint density at radius 2 is 1.45 bits per heavy atom. The van der Waals surface area contributed by atoms with Gasteiger partial charge in [0.25, 0.3) is 0 Å². The van der Waals surface area contributed by atoms with Gasteiger partial charge in [-0.2, -0.15) is 0 Å². The second-order valence-corrected chi connectivity index (χ2v) is 3.93. The lowest BCUT2D eigenvalue weighted by atomic mass is 10.1. The largest absolute Gasteiger partial charge is 0.333 e. The van der Waals surface area contributed by atoms with Crippen LogP contribution in [0.15, 0.2) is 29.8 Å². The molecular formula is C15H26ClN3O. The Kier molecular flexibility index (Phi) is 15.0. The molecule has 1 aromatic carbocycles. The molecule has 0 amide bonds. The lowest BCUT2D eigenvalue weighted by Crippen LogP contribution is -1.90. The fourth-order valence-corrected chi connectivity index (χ4v) is 1.78. The van der Waals surface area contributed by atoms with E-state index in [1.807, 2.05) is 30.3 Å². The molecule has 0 bridgehead atoms. The van der Waals surface area contributed by atoms with Crippen molar-refractivity contribution in [1.82, 2.24) is 0 Å². The Hall–Kier alpha value is -1.20. The number of hydrogen-bond acceptors (Lipinski definition) is 4. The molecule has 0 radical (unpaired) electrons. The summed E-state index contributed by atoms with van der Waals surface area (Å²) in [5.74, 6) is 0.292. The Balaban J connectivity index is 0. The molecule has 4 nitrogen and oxygen atoms in total. The Morgan fingerprint density at radius 1 is 0.950 bits per heavy atom. The highest BCUT2D eigenvalue weighted by molar-refractivity contribution is 6.30. The molecule has 0 heterocycles. The van der Waals surface area contributed by atoms with Crippen molar-refractivity contribution in [2.24, 2.45) is 17.2 Å². The molecule has 5 heteroatoms. The first-order valence-electron chi connectivity index (χ1n) is 6.48. The average Bonchev–Trinajstić information content (AvgIpc) is 2.93. The maximum Gasteiger partial charge on any atom is 0.158 e. The van der Waals surface area contributed by atoms with E-state index in [0.717, 1.165) is 29.0 Å². The molecule has 0 spiro atoms. The molecule has 0 aliphatic heterocycles. The molecular weight excluding hydrogens is 274 g/mol. The molecule has 1 aliphatic rings. The van der Waals surface area contributed by atoms with Crippen molar-refractivity contribution in [1.29, 1.82) is 0 Å². The topological polar surface area (TPSA) is 95.1 Å². The number of nitrogens with two attached hydrogens (primary N) is 3. The maximum atomic E-state index is 11.4. The normalized spacial score (nSPS) is 14.3. The fourth-order valence-electron chi connectivity index (χ4n) is 1.65. The summed E-state index contributed by atoms with van der Waals surface area (Å²) in [5.41, 5.74) is 15.5. The van der Waals surface area contributed by atoms with Gasteiger partial charge in [0.05, 0.1) is 0 Å². The van der Waals surface area contributed by atoms with Crippen LogP contribution in [0.5, 0.6) is 0 Å². The molecule has 6 N–H and O–H groups in total. The Labute approximate surface area is 127 Å². The van der Waals surface area contributed by atoms with Crippen LogP contribution in [-0.4, -0.2) is 26.9 Å². The number of allylic oxidation sites excluding steroid dienone is 1. The van der Waals surface area contributed by atoms with Crippen LogP contribution in [0.2, 0.25) is 5.02 Å². The number of Topliss-reactive ketones (excluding diaryl/α,β-unsaturated/α-hetero) is 1. The minimum absolute atomic E-state index is 0.292. The predicted octanol–water partition coefficient (Wildman–Crippen LogP) is 2.20. The molecule has 20 heavy (non-hydrogen) atoms. The van der Waals surface area contributed by atoms with Gasteiger partial charge in [-0.3, -0.25) is 4.79 Å². The van der Waals surface area contributed by atoms with E-state index >= 15 is 0 Å². The van der Waals surface area contributed by atoms with Crippen molar-refractivity contribution in [3.8, 4) is 0 Å². The molecule has 0 saturated heterocycles. The van der Waals surface area contributed by atoms with Gasteiger partial charge in [-0.1, -0.05) is 23.7 Å². The van der Waals surface area contributed by atoms with Crippen LogP contribution in [0, 0.1) is 0 Å². The van der Waals surface area contributed by atoms with Crippen molar-refractivity contribution < 1.29 is 4.79 Å². The Morgan fingerprint density at radius 3 is 1.85 bits per heavy atom. The van der Waals surface area contributed by atoms with Crippen LogP contribution < -0.4 is 17.2 Å². The second kappa shape index (κ2) is 14.2. The second-order valence-electron chi connectivity index (χ2n) is 3.50. The van der Waals surface area contributed by atoms with Gasteiger partial charge >= 0.3 is 0 Å². The van der Waals surface area contributed by atoms with Crippen LogP contribution >= 0.6 is 11.6 Å². The zero-order chi connectivity index (χ0) is 16.0. The van der Waals surface area contributed by atoms with Gasteiger partial charge < -0.3 is 17.2 Å². The number of halogens is 1. The van der Waals surface area contributed by atoms with Crippen LogP contribution in [-0.2, 0) is 4.79 Å². The van der Waals surface area contributed by atoms with E-state index < -0.39 is 0 Å². The van der Waals surface area contributed by atoms with Gasteiger partial charge in [0.1, 0.15) is 0 Å². The summed E-state index contributed by atoms with van der Waals surface area (Å²) in [7, 11) is 4.50. The third kappa shape index (κ3) is 8.07. The zero-order valence-electron chi connectivity index (χ0n) is 12.5. The van der Waals surface area contributed by atoms with Gasteiger partial charge in [-0.15, -0.1) is 0 Å². The minimum atomic E-state index is 0.292. The quantitative estimate of drug-likeness (QED) is 0.693. The summed E-state index contributed by atoms with van der Waals surface area (Å²) in [6.07, 6.45) is 4.59. The van der Waals surface area contributed by atoms with Crippen molar-refractivity contribution >= 4 is 23.5 Å². The van der Waals surface area contributed by atoms with Crippen molar-refractivity contribution in [2.45, 2.75) is 19.3 Å². The van der Waals surface area contributed by atoms with E-state index in [9.17, 15) is 4.79 Å².